The van der Waals surface area contributed by atoms with Crippen LogP contribution in [0.2, 0.25) is 0 Å². The largest absolute Gasteiger partial charge is 0.317 e. The fourth-order valence-corrected chi connectivity index (χ4v) is 3.14. The van der Waals surface area contributed by atoms with E-state index >= 15 is 0 Å². The summed E-state index contributed by atoms with van der Waals surface area (Å²) in [4.78, 5) is 13.4. The van der Waals surface area contributed by atoms with Crippen LogP contribution in [0.25, 0.3) is 0 Å². The quantitative estimate of drug-likeness (QED) is 0.875. The Morgan fingerprint density at radius 2 is 2.38 bits per heavy atom. The van der Waals surface area contributed by atoms with Gasteiger partial charge >= 0.3 is 0 Å². The minimum absolute atomic E-state index is 0.288. The van der Waals surface area contributed by atoms with Gasteiger partial charge in [-0.15, -0.1) is 11.3 Å². The summed E-state index contributed by atoms with van der Waals surface area (Å²) in [5, 5.41) is 5.43. The van der Waals surface area contributed by atoms with E-state index in [1.807, 2.05) is 0 Å². The number of nitrogens with one attached hydrogen (secondary N) is 1. The van der Waals surface area contributed by atoms with Crippen LogP contribution in [0.3, 0.4) is 0 Å². The SMILES string of the molecule is Cc1ccsc1CC(=O)C1CCCNCC1. The van der Waals surface area contributed by atoms with Crippen molar-refractivity contribution in [1.82, 2.24) is 5.32 Å². The Labute approximate surface area is 101 Å². The summed E-state index contributed by atoms with van der Waals surface area (Å²) in [6.45, 7) is 4.16. The summed E-state index contributed by atoms with van der Waals surface area (Å²) in [5.74, 6) is 0.728. The molecule has 88 valence electrons. The third-order valence-corrected chi connectivity index (χ3v) is 4.36. The van der Waals surface area contributed by atoms with Gasteiger partial charge in [-0.25, -0.2) is 0 Å². The third-order valence-electron chi connectivity index (χ3n) is 3.33. The predicted molar refractivity (Wildman–Crippen MR) is 68.0 cm³/mol. The lowest BCUT2D eigenvalue weighted by atomic mass is 9.93. The van der Waals surface area contributed by atoms with E-state index in [4.69, 9.17) is 0 Å². The minimum Gasteiger partial charge on any atom is -0.317 e. The van der Waals surface area contributed by atoms with E-state index in [0.717, 1.165) is 32.4 Å². The highest BCUT2D eigenvalue weighted by Gasteiger charge is 2.20. The molecule has 0 radical (unpaired) electrons. The van der Waals surface area contributed by atoms with Gasteiger partial charge in [-0.05, 0) is 56.3 Å². The van der Waals surface area contributed by atoms with Gasteiger partial charge in [0.05, 0.1) is 0 Å². The second kappa shape index (κ2) is 5.60. The van der Waals surface area contributed by atoms with Gasteiger partial charge in [0.1, 0.15) is 5.78 Å². The van der Waals surface area contributed by atoms with Crippen molar-refractivity contribution in [3.05, 3.63) is 21.9 Å². The molecule has 0 aromatic carbocycles. The average Bonchev–Trinajstić information content (AvgIpc) is 2.57. The molecule has 0 bridgehead atoms. The summed E-state index contributed by atoms with van der Waals surface area (Å²) in [6.07, 6.45) is 3.87. The van der Waals surface area contributed by atoms with Crippen LogP contribution in [0.1, 0.15) is 29.7 Å². The number of aryl methyl sites for hydroxylation is 1. The van der Waals surface area contributed by atoms with Crippen LogP contribution in [0.5, 0.6) is 0 Å². The first-order chi connectivity index (χ1) is 7.77. The molecule has 1 fully saturated rings. The van der Waals surface area contributed by atoms with Crippen LogP contribution in [0.15, 0.2) is 11.4 Å². The van der Waals surface area contributed by atoms with E-state index in [2.05, 4.69) is 23.7 Å². The summed E-state index contributed by atoms with van der Waals surface area (Å²) >= 11 is 1.71. The van der Waals surface area contributed by atoms with Gasteiger partial charge in [-0.3, -0.25) is 4.79 Å². The first-order valence-corrected chi connectivity index (χ1v) is 6.91. The first-order valence-electron chi connectivity index (χ1n) is 6.04. The van der Waals surface area contributed by atoms with Gasteiger partial charge in [0, 0.05) is 17.2 Å². The molecule has 16 heavy (non-hydrogen) atoms. The highest BCUT2D eigenvalue weighted by molar-refractivity contribution is 7.10. The molecule has 0 saturated carbocycles. The highest BCUT2D eigenvalue weighted by Crippen LogP contribution is 2.21. The lowest BCUT2D eigenvalue weighted by Crippen LogP contribution is -2.19. The van der Waals surface area contributed by atoms with Crippen LogP contribution in [0, 0.1) is 12.8 Å². The molecule has 3 heteroatoms. The average molecular weight is 237 g/mol. The van der Waals surface area contributed by atoms with Crippen LogP contribution >= 0.6 is 11.3 Å². The van der Waals surface area contributed by atoms with Gasteiger partial charge in [0.2, 0.25) is 0 Å². The van der Waals surface area contributed by atoms with Gasteiger partial charge in [-0.2, -0.15) is 0 Å². The molecule has 1 saturated heterocycles. The standard InChI is InChI=1S/C13H19NOS/c1-10-5-8-16-13(10)9-12(15)11-3-2-6-14-7-4-11/h5,8,11,14H,2-4,6-7,9H2,1H3. The molecule has 1 aliphatic rings. The molecule has 2 rings (SSSR count). The summed E-state index contributed by atoms with van der Waals surface area (Å²) in [6, 6.07) is 2.10. The number of hydrogen-bond donors (Lipinski definition) is 1. The van der Waals surface area contributed by atoms with Crippen molar-refractivity contribution in [2.45, 2.75) is 32.6 Å². The van der Waals surface area contributed by atoms with Crippen molar-refractivity contribution in [2.75, 3.05) is 13.1 Å². The zero-order chi connectivity index (χ0) is 11.4. The van der Waals surface area contributed by atoms with Gasteiger partial charge in [-0.1, -0.05) is 0 Å². The second-order valence-electron chi connectivity index (χ2n) is 4.55. The molecule has 2 nitrogen and oxygen atoms in total. The van der Waals surface area contributed by atoms with E-state index in [0.29, 0.717) is 12.2 Å². The maximum absolute atomic E-state index is 12.1. The van der Waals surface area contributed by atoms with Crippen LogP contribution in [-0.2, 0) is 11.2 Å². The topological polar surface area (TPSA) is 29.1 Å². The van der Waals surface area contributed by atoms with Crippen molar-refractivity contribution in [3.63, 3.8) is 0 Å². The molecule has 1 aliphatic heterocycles. The molecule has 1 aromatic rings. The van der Waals surface area contributed by atoms with Crippen molar-refractivity contribution < 1.29 is 4.79 Å². The zero-order valence-electron chi connectivity index (χ0n) is 9.79. The molecule has 1 unspecified atom stereocenters. The Balaban J connectivity index is 1.94. The third kappa shape index (κ3) is 2.92. The smallest absolute Gasteiger partial charge is 0.141 e. The number of rotatable bonds is 3. The Morgan fingerprint density at radius 3 is 3.12 bits per heavy atom. The first kappa shape index (κ1) is 11.8. The molecule has 0 spiro atoms. The maximum Gasteiger partial charge on any atom is 0.141 e. The molecule has 2 heterocycles. The number of hydrogen-bond acceptors (Lipinski definition) is 3. The number of thiophene rings is 1. The number of carbonyl (C=O) groups excluding carboxylic acids is 1. The van der Waals surface area contributed by atoms with E-state index in [1.54, 1.807) is 11.3 Å². The lowest BCUT2D eigenvalue weighted by Gasteiger charge is -2.11. The molecular weight excluding hydrogens is 218 g/mol. The molecule has 1 aromatic heterocycles. The maximum atomic E-state index is 12.1. The number of Topliss-reactive ketones (excluding diaryl/α,β-unsaturated/α-hetero) is 1. The highest BCUT2D eigenvalue weighted by atomic mass is 32.1. The molecular formula is C13H19NOS. The summed E-state index contributed by atoms with van der Waals surface area (Å²) < 4.78 is 0. The Bertz CT molecular complexity index is 351. The van der Waals surface area contributed by atoms with Crippen molar-refractivity contribution in [2.24, 2.45) is 5.92 Å². The van der Waals surface area contributed by atoms with E-state index in [9.17, 15) is 4.79 Å². The lowest BCUT2D eigenvalue weighted by molar-refractivity contribution is -0.122. The molecule has 0 amide bonds. The van der Waals surface area contributed by atoms with Gasteiger partial charge < -0.3 is 5.32 Å². The van der Waals surface area contributed by atoms with E-state index < -0.39 is 0 Å². The van der Waals surface area contributed by atoms with Crippen molar-refractivity contribution in [3.8, 4) is 0 Å². The fourth-order valence-electron chi connectivity index (χ4n) is 2.23. The van der Waals surface area contributed by atoms with Crippen molar-refractivity contribution >= 4 is 17.1 Å². The molecule has 0 aliphatic carbocycles. The normalized spacial score (nSPS) is 21.7. The van der Waals surface area contributed by atoms with Crippen LogP contribution in [0.4, 0.5) is 0 Å². The summed E-state index contributed by atoms with van der Waals surface area (Å²) in [7, 11) is 0. The van der Waals surface area contributed by atoms with Gasteiger partial charge in [0.15, 0.2) is 0 Å². The fraction of sp³-hybridized carbons (Fsp3) is 0.615. The number of carbonyl (C=O) groups is 1. The Kier molecular flexibility index (Phi) is 4.13. The Hall–Kier alpha value is -0.670. The molecule has 1 atom stereocenters. The molecule has 1 N–H and O–H groups in total. The number of ketones is 1. The summed E-state index contributed by atoms with van der Waals surface area (Å²) in [5.41, 5.74) is 1.27. The minimum atomic E-state index is 0.288. The van der Waals surface area contributed by atoms with E-state index in [-0.39, 0.29) is 5.92 Å². The van der Waals surface area contributed by atoms with Gasteiger partial charge in [0.25, 0.3) is 0 Å². The second-order valence-corrected chi connectivity index (χ2v) is 5.55. The monoisotopic (exact) mass is 237 g/mol. The Morgan fingerprint density at radius 1 is 1.50 bits per heavy atom. The van der Waals surface area contributed by atoms with E-state index in [1.165, 1.54) is 10.4 Å². The predicted octanol–water partition coefficient (Wildman–Crippen LogP) is 2.56. The van der Waals surface area contributed by atoms with Crippen LogP contribution < -0.4 is 5.32 Å². The van der Waals surface area contributed by atoms with Crippen molar-refractivity contribution in [1.29, 1.82) is 0 Å². The zero-order valence-corrected chi connectivity index (χ0v) is 10.6. The van der Waals surface area contributed by atoms with Crippen LogP contribution in [-0.4, -0.2) is 18.9 Å².